The van der Waals surface area contributed by atoms with Crippen molar-refractivity contribution in [2.24, 2.45) is 0 Å². The zero-order valence-electron chi connectivity index (χ0n) is 20.4. The minimum absolute atomic E-state index is 0. The molecular weight excluding hydrogens is 441 g/mol. The summed E-state index contributed by atoms with van der Waals surface area (Å²) < 4.78 is 28.3. The number of hydrogen-bond donors (Lipinski definition) is 0. The van der Waals surface area contributed by atoms with E-state index >= 15 is 0 Å². The van der Waals surface area contributed by atoms with E-state index in [0.29, 0.717) is 66.1 Å². The molecule has 34 heavy (non-hydrogen) atoms. The van der Waals surface area contributed by atoms with Crippen LogP contribution in [0.3, 0.4) is 0 Å². The Morgan fingerprint density at radius 2 is 0.912 bits per heavy atom. The van der Waals surface area contributed by atoms with Gasteiger partial charge in [0.05, 0.1) is 66.1 Å². The molecular formula is C27H35NNaO5+. The molecule has 0 unspecified atom stereocenters. The van der Waals surface area contributed by atoms with Crippen LogP contribution in [0.4, 0.5) is 0 Å². The Hall–Kier alpha value is -1.06. The van der Waals surface area contributed by atoms with Crippen molar-refractivity contribution in [1.29, 1.82) is 0 Å². The first-order valence-electron chi connectivity index (χ1n) is 11.9. The molecule has 1 heterocycles. The van der Waals surface area contributed by atoms with Crippen LogP contribution >= 0.6 is 0 Å². The summed E-state index contributed by atoms with van der Waals surface area (Å²) >= 11 is 0. The Morgan fingerprint density at radius 3 is 1.35 bits per heavy atom. The molecule has 1 aliphatic heterocycles. The number of benzene rings is 3. The molecule has 1 aliphatic rings. The van der Waals surface area contributed by atoms with Gasteiger partial charge in [-0.1, -0.05) is 48.5 Å². The number of fused-ring (bicyclic) bond motifs is 2. The summed E-state index contributed by atoms with van der Waals surface area (Å²) in [7, 11) is 0. The molecule has 0 N–H and O–H groups in total. The molecule has 0 spiro atoms. The zero-order valence-corrected chi connectivity index (χ0v) is 22.4. The normalized spacial score (nSPS) is 18.7. The second kappa shape index (κ2) is 15.8. The second-order valence-electron chi connectivity index (χ2n) is 8.14. The Labute approximate surface area is 224 Å². The Bertz CT molecular complexity index is 914. The van der Waals surface area contributed by atoms with Gasteiger partial charge in [-0.15, -0.1) is 0 Å². The SMILES string of the molecule is [Na+].c1ccc2c(CN3CCOCCOCCOCCOCCOCC3)c3ccccc3cc2c1. The van der Waals surface area contributed by atoms with Crippen molar-refractivity contribution in [3.05, 3.63) is 60.2 Å². The van der Waals surface area contributed by atoms with Crippen molar-refractivity contribution < 1.29 is 53.2 Å². The van der Waals surface area contributed by atoms with Gasteiger partial charge >= 0.3 is 29.6 Å². The first kappa shape index (κ1) is 27.5. The topological polar surface area (TPSA) is 49.4 Å². The number of rotatable bonds is 2. The molecule has 3 aromatic rings. The van der Waals surface area contributed by atoms with Crippen molar-refractivity contribution in [1.82, 2.24) is 4.90 Å². The molecule has 4 rings (SSSR count). The molecule has 0 amide bonds. The van der Waals surface area contributed by atoms with Crippen molar-refractivity contribution >= 4 is 21.5 Å². The largest absolute Gasteiger partial charge is 1.00 e. The van der Waals surface area contributed by atoms with Crippen molar-refractivity contribution in [3.8, 4) is 0 Å². The summed E-state index contributed by atoms with van der Waals surface area (Å²) in [6.45, 7) is 8.47. The molecule has 0 atom stereocenters. The zero-order chi connectivity index (χ0) is 22.6. The molecule has 3 aromatic carbocycles. The summed E-state index contributed by atoms with van der Waals surface area (Å²) in [5.74, 6) is 0. The minimum Gasteiger partial charge on any atom is -0.378 e. The molecule has 7 heteroatoms. The van der Waals surface area contributed by atoms with E-state index in [2.05, 4.69) is 59.5 Å². The molecule has 6 nitrogen and oxygen atoms in total. The molecule has 0 radical (unpaired) electrons. The van der Waals surface area contributed by atoms with Gasteiger partial charge in [0.1, 0.15) is 0 Å². The van der Waals surface area contributed by atoms with Gasteiger partial charge in [-0.2, -0.15) is 0 Å². The van der Waals surface area contributed by atoms with E-state index in [4.69, 9.17) is 23.7 Å². The van der Waals surface area contributed by atoms with Gasteiger partial charge in [0, 0.05) is 19.6 Å². The average Bonchev–Trinajstić information content (AvgIpc) is 2.84. The van der Waals surface area contributed by atoms with Gasteiger partial charge in [-0.05, 0) is 33.2 Å². The van der Waals surface area contributed by atoms with E-state index in [1.807, 2.05) is 0 Å². The molecule has 0 aromatic heterocycles. The number of hydrogen-bond acceptors (Lipinski definition) is 6. The maximum absolute atomic E-state index is 5.85. The third-order valence-corrected chi connectivity index (χ3v) is 5.86. The van der Waals surface area contributed by atoms with Crippen LogP contribution in [0.5, 0.6) is 0 Å². The second-order valence-corrected chi connectivity index (χ2v) is 8.14. The van der Waals surface area contributed by atoms with Gasteiger partial charge < -0.3 is 23.7 Å². The fourth-order valence-corrected chi connectivity index (χ4v) is 4.14. The molecule has 178 valence electrons. The third kappa shape index (κ3) is 8.55. The first-order valence-corrected chi connectivity index (χ1v) is 11.9. The summed E-state index contributed by atoms with van der Waals surface area (Å²) in [6.07, 6.45) is 0. The minimum atomic E-state index is 0. The van der Waals surface area contributed by atoms with E-state index in [1.165, 1.54) is 27.1 Å². The van der Waals surface area contributed by atoms with Crippen molar-refractivity contribution in [2.45, 2.75) is 6.54 Å². The average molecular weight is 477 g/mol. The van der Waals surface area contributed by atoms with E-state index in [1.54, 1.807) is 0 Å². The van der Waals surface area contributed by atoms with E-state index in [-0.39, 0.29) is 29.6 Å². The van der Waals surface area contributed by atoms with Crippen LogP contribution in [0.25, 0.3) is 21.5 Å². The van der Waals surface area contributed by atoms with Crippen LogP contribution < -0.4 is 29.6 Å². The smallest absolute Gasteiger partial charge is 0.378 e. The van der Waals surface area contributed by atoms with Crippen LogP contribution in [-0.4, -0.2) is 84.1 Å². The van der Waals surface area contributed by atoms with Gasteiger partial charge in [-0.25, -0.2) is 0 Å². The predicted molar refractivity (Wildman–Crippen MR) is 131 cm³/mol. The van der Waals surface area contributed by atoms with Crippen LogP contribution in [0.15, 0.2) is 54.6 Å². The van der Waals surface area contributed by atoms with Gasteiger partial charge in [0.15, 0.2) is 0 Å². The van der Waals surface area contributed by atoms with Gasteiger partial charge in [0.2, 0.25) is 0 Å². The summed E-state index contributed by atoms with van der Waals surface area (Å²) in [5, 5.41) is 5.17. The molecule has 1 saturated heterocycles. The maximum atomic E-state index is 5.85. The summed E-state index contributed by atoms with van der Waals surface area (Å²) in [4.78, 5) is 2.42. The number of ether oxygens (including phenoxy) is 5. The van der Waals surface area contributed by atoms with Crippen LogP contribution in [0, 0.1) is 0 Å². The monoisotopic (exact) mass is 476 g/mol. The number of nitrogens with zero attached hydrogens (tertiary/aromatic N) is 1. The first-order chi connectivity index (χ1) is 16.4. The van der Waals surface area contributed by atoms with Crippen LogP contribution in [0.1, 0.15) is 5.56 Å². The standard InChI is InChI=1S/C27H35NO5.Na/c1-3-7-25-23(5-1)21-24-6-2-4-8-26(24)27(25)22-28-9-11-29-13-15-31-17-19-33-20-18-32-16-14-30-12-10-28;/h1-8,21H,9-20,22H2;/q;+1. The molecule has 0 saturated carbocycles. The van der Waals surface area contributed by atoms with Gasteiger partial charge in [-0.3, -0.25) is 4.90 Å². The van der Waals surface area contributed by atoms with Crippen LogP contribution in [-0.2, 0) is 30.2 Å². The van der Waals surface area contributed by atoms with Crippen LogP contribution in [0.2, 0.25) is 0 Å². The summed E-state index contributed by atoms with van der Waals surface area (Å²) in [5.41, 5.74) is 1.36. The fourth-order valence-electron chi connectivity index (χ4n) is 4.14. The van der Waals surface area contributed by atoms with Crippen molar-refractivity contribution in [3.63, 3.8) is 0 Å². The van der Waals surface area contributed by atoms with E-state index in [9.17, 15) is 0 Å². The van der Waals surface area contributed by atoms with E-state index in [0.717, 1.165) is 19.6 Å². The third-order valence-electron chi connectivity index (χ3n) is 5.86. The Kier molecular flexibility index (Phi) is 12.8. The molecule has 1 fully saturated rings. The van der Waals surface area contributed by atoms with Gasteiger partial charge in [0.25, 0.3) is 0 Å². The van der Waals surface area contributed by atoms with E-state index < -0.39 is 0 Å². The molecule has 0 bridgehead atoms. The molecule has 0 aliphatic carbocycles. The summed E-state index contributed by atoms with van der Waals surface area (Å²) in [6, 6.07) is 19.6. The fraction of sp³-hybridized carbons (Fsp3) is 0.481. The quantitative estimate of drug-likeness (QED) is 0.405. The maximum Gasteiger partial charge on any atom is 1.00 e. The predicted octanol–water partition coefficient (Wildman–Crippen LogP) is 0.896. The Balaban J connectivity index is 0.00000324. The Morgan fingerprint density at radius 1 is 0.529 bits per heavy atom. The van der Waals surface area contributed by atoms with Crippen molar-refractivity contribution in [2.75, 3.05) is 79.2 Å².